The number of benzene rings is 3. The lowest BCUT2D eigenvalue weighted by molar-refractivity contribution is 0.891. The van der Waals surface area contributed by atoms with Crippen molar-refractivity contribution in [3.63, 3.8) is 0 Å². The Labute approximate surface area is 152 Å². The molecule has 4 aromatic rings. The fourth-order valence-electron chi connectivity index (χ4n) is 3.68. The second-order valence-corrected chi connectivity index (χ2v) is 6.57. The Kier molecular flexibility index (Phi) is 3.56. The Morgan fingerprint density at radius 1 is 0.731 bits per heavy atom. The lowest BCUT2D eigenvalue weighted by atomic mass is 9.90. The Hall–Kier alpha value is -3.33. The van der Waals surface area contributed by atoms with Gasteiger partial charge in [-0.05, 0) is 42.7 Å². The summed E-state index contributed by atoms with van der Waals surface area (Å²) in [5.41, 5.74) is 7.15. The van der Waals surface area contributed by atoms with Gasteiger partial charge in [-0.1, -0.05) is 60.7 Å². The average Bonchev–Trinajstić information content (AvgIpc) is 3.08. The van der Waals surface area contributed by atoms with Crippen LogP contribution in [0.3, 0.4) is 0 Å². The highest BCUT2D eigenvalue weighted by Gasteiger charge is 2.25. The molecule has 3 heteroatoms. The molecule has 0 fully saturated rings. The second kappa shape index (κ2) is 6.19. The van der Waals surface area contributed by atoms with Gasteiger partial charge in [0.25, 0.3) is 0 Å². The third kappa shape index (κ3) is 2.49. The molecule has 26 heavy (non-hydrogen) atoms. The number of nitrogens with one attached hydrogen (secondary N) is 1. The molecule has 0 saturated carbocycles. The quantitative estimate of drug-likeness (QED) is 0.544. The molecule has 0 radical (unpaired) electrons. The molecule has 0 aliphatic heterocycles. The highest BCUT2D eigenvalue weighted by Crippen LogP contribution is 2.38. The van der Waals surface area contributed by atoms with Crippen molar-refractivity contribution in [3.05, 3.63) is 96.1 Å². The van der Waals surface area contributed by atoms with Crippen LogP contribution in [0.1, 0.15) is 11.1 Å². The average molecular weight is 337 g/mol. The molecule has 1 heterocycles. The van der Waals surface area contributed by atoms with E-state index in [0.29, 0.717) is 0 Å². The topological polar surface area (TPSA) is 29.9 Å². The van der Waals surface area contributed by atoms with Crippen LogP contribution in [0.25, 0.3) is 16.9 Å². The van der Waals surface area contributed by atoms with Gasteiger partial charge in [0.15, 0.2) is 0 Å². The second-order valence-electron chi connectivity index (χ2n) is 6.57. The molecular weight excluding hydrogens is 318 g/mol. The van der Waals surface area contributed by atoms with Gasteiger partial charge in [0.2, 0.25) is 0 Å². The van der Waals surface area contributed by atoms with Crippen molar-refractivity contribution in [3.8, 4) is 16.9 Å². The summed E-state index contributed by atoms with van der Waals surface area (Å²) in [6.07, 6.45) is 2.04. The molecule has 3 aromatic carbocycles. The fourth-order valence-corrected chi connectivity index (χ4v) is 3.68. The predicted molar refractivity (Wildman–Crippen MR) is 106 cm³/mol. The molecule has 3 nitrogen and oxygen atoms in total. The minimum Gasteiger partial charge on any atom is -0.340 e. The van der Waals surface area contributed by atoms with Gasteiger partial charge < -0.3 is 5.32 Å². The molecular formula is C23H19N3. The maximum atomic E-state index is 5.01. The summed E-state index contributed by atoms with van der Waals surface area (Å²) >= 11 is 0. The van der Waals surface area contributed by atoms with Crippen LogP contribution < -0.4 is 5.32 Å². The Balaban J connectivity index is 1.71. The largest absolute Gasteiger partial charge is 0.340 e. The number of fused-ring (bicyclic) bond motifs is 3. The van der Waals surface area contributed by atoms with Gasteiger partial charge in [0, 0.05) is 16.8 Å². The van der Waals surface area contributed by atoms with Crippen LogP contribution in [-0.2, 0) is 12.8 Å². The lowest BCUT2D eigenvalue weighted by Gasteiger charge is -2.16. The molecule has 1 N–H and O–H groups in total. The molecule has 5 rings (SSSR count). The van der Waals surface area contributed by atoms with Gasteiger partial charge in [-0.25, -0.2) is 4.68 Å². The van der Waals surface area contributed by atoms with Crippen LogP contribution in [0.15, 0.2) is 84.9 Å². The summed E-state index contributed by atoms with van der Waals surface area (Å²) in [7, 11) is 0. The van der Waals surface area contributed by atoms with E-state index in [-0.39, 0.29) is 0 Å². The Morgan fingerprint density at radius 3 is 2.23 bits per heavy atom. The molecule has 0 spiro atoms. The first-order chi connectivity index (χ1) is 12.9. The van der Waals surface area contributed by atoms with E-state index in [1.165, 1.54) is 16.7 Å². The van der Waals surface area contributed by atoms with Gasteiger partial charge in [-0.2, -0.15) is 5.10 Å². The molecule has 126 valence electrons. The number of para-hydroxylation sites is 2. The molecule has 0 amide bonds. The van der Waals surface area contributed by atoms with Crippen LogP contribution in [0.2, 0.25) is 0 Å². The fraction of sp³-hybridized carbons (Fsp3) is 0.0870. The third-order valence-electron chi connectivity index (χ3n) is 4.94. The first kappa shape index (κ1) is 15.0. The van der Waals surface area contributed by atoms with Crippen LogP contribution in [0.4, 0.5) is 11.5 Å². The van der Waals surface area contributed by atoms with Crippen molar-refractivity contribution >= 4 is 11.5 Å². The monoisotopic (exact) mass is 337 g/mol. The van der Waals surface area contributed by atoms with Gasteiger partial charge in [0.05, 0.1) is 11.4 Å². The Bertz CT molecular complexity index is 1050. The molecule has 0 saturated heterocycles. The van der Waals surface area contributed by atoms with Crippen molar-refractivity contribution in [1.29, 1.82) is 0 Å². The summed E-state index contributed by atoms with van der Waals surface area (Å²) < 4.78 is 2.04. The van der Waals surface area contributed by atoms with E-state index in [0.717, 1.165) is 35.7 Å². The highest BCUT2D eigenvalue weighted by molar-refractivity contribution is 5.77. The summed E-state index contributed by atoms with van der Waals surface area (Å²) in [5, 5.41) is 8.62. The first-order valence-corrected chi connectivity index (χ1v) is 8.98. The molecule has 0 atom stereocenters. The van der Waals surface area contributed by atoms with Crippen molar-refractivity contribution in [2.75, 3.05) is 5.32 Å². The number of rotatable bonds is 3. The minimum absolute atomic E-state index is 0.994. The zero-order valence-corrected chi connectivity index (χ0v) is 14.4. The zero-order valence-electron chi connectivity index (χ0n) is 14.4. The summed E-state index contributed by atoms with van der Waals surface area (Å²) in [6, 6.07) is 29.2. The molecule has 0 bridgehead atoms. The van der Waals surface area contributed by atoms with Gasteiger partial charge in [-0.3, -0.25) is 0 Å². The maximum Gasteiger partial charge on any atom is 0.138 e. The molecule has 0 unspecified atom stereocenters. The normalized spacial score (nSPS) is 12.3. The van der Waals surface area contributed by atoms with Crippen LogP contribution in [0, 0.1) is 0 Å². The van der Waals surface area contributed by atoms with E-state index < -0.39 is 0 Å². The zero-order chi connectivity index (χ0) is 17.3. The predicted octanol–water partition coefficient (Wildman–Crippen LogP) is 5.38. The van der Waals surface area contributed by atoms with Crippen molar-refractivity contribution in [2.24, 2.45) is 0 Å². The SMILES string of the molecule is c1ccc(Nc2c3c(nn2-c2ccccc2)-c2ccccc2CC3)cc1. The number of anilines is 2. The number of nitrogens with zero attached hydrogens (tertiary/aromatic N) is 2. The molecule has 1 aromatic heterocycles. The maximum absolute atomic E-state index is 5.01. The van der Waals surface area contributed by atoms with Crippen molar-refractivity contribution < 1.29 is 0 Å². The van der Waals surface area contributed by atoms with Crippen molar-refractivity contribution in [2.45, 2.75) is 12.8 Å². The Morgan fingerprint density at radius 2 is 1.42 bits per heavy atom. The van der Waals surface area contributed by atoms with Gasteiger partial charge >= 0.3 is 0 Å². The smallest absolute Gasteiger partial charge is 0.138 e. The number of hydrogen-bond acceptors (Lipinski definition) is 2. The third-order valence-corrected chi connectivity index (χ3v) is 4.94. The lowest BCUT2D eigenvalue weighted by Crippen LogP contribution is -2.05. The van der Waals surface area contributed by atoms with Crippen LogP contribution >= 0.6 is 0 Å². The minimum atomic E-state index is 0.994. The summed E-state index contributed by atoms with van der Waals surface area (Å²) in [6.45, 7) is 0. The van der Waals surface area contributed by atoms with Crippen molar-refractivity contribution in [1.82, 2.24) is 9.78 Å². The number of aromatic nitrogens is 2. The van der Waals surface area contributed by atoms with Gasteiger partial charge in [0.1, 0.15) is 5.82 Å². The van der Waals surface area contributed by atoms with E-state index in [1.54, 1.807) is 0 Å². The van der Waals surface area contributed by atoms with E-state index in [1.807, 2.05) is 28.9 Å². The number of hydrogen-bond donors (Lipinski definition) is 1. The van der Waals surface area contributed by atoms with Crippen LogP contribution in [0.5, 0.6) is 0 Å². The van der Waals surface area contributed by atoms with E-state index in [4.69, 9.17) is 5.10 Å². The molecule has 1 aliphatic rings. The standard InChI is InChI=1S/C23H19N3/c1-3-10-18(11-4-1)24-23-21-16-15-17-9-7-8-14-20(17)22(21)25-26(23)19-12-5-2-6-13-19/h1-14,24H,15-16H2. The highest BCUT2D eigenvalue weighted by atomic mass is 15.3. The molecule has 1 aliphatic carbocycles. The summed E-state index contributed by atoms with van der Waals surface area (Å²) in [5.74, 6) is 1.06. The first-order valence-electron chi connectivity index (χ1n) is 8.98. The number of aryl methyl sites for hydroxylation is 1. The van der Waals surface area contributed by atoms with E-state index in [2.05, 4.69) is 66.0 Å². The van der Waals surface area contributed by atoms with Crippen LogP contribution in [-0.4, -0.2) is 9.78 Å². The van der Waals surface area contributed by atoms with E-state index >= 15 is 0 Å². The summed E-state index contributed by atoms with van der Waals surface area (Å²) in [4.78, 5) is 0. The van der Waals surface area contributed by atoms with E-state index in [9.17, 15) is 0 Å². The van der Waals surface area contributed by atoms with Gasteiger partial charge in [-0.15, -0.1) is 0 Å².